The van der Waals surface area contributed by atoms with Crippen LogP contribution in [0.4, 0.5) is 0 Å². The van der Waals surface area contributed by atoms with Crippen molar-refractivity contribution in [3.8, 4) is 0 Å². The number of ether oxygens (including phenoxy) is 1. The van der Waals surface area contributed by atoms with Gasteiger partial charge in [0.25, 0.3) is 0 Å². The standard InChI is InChI=1S/C22H30N4O3/c1-17(15-24-11-13-29-14-12-24)23-21(27)16-25-19-9-5-6-10-20(19)26(22(25)28)18-7-3-2-4-8-18/h5-7,9-10,17H,2-4,8,11-16H2,1H3,(H,23,27)/t17-/m1/s1. The third-order valence-corrected chi connectivity index (χ3v) is 5.73. The predicted octanol–water partition coefficient (Wildman–Crippen LogP) is 2.05. The first-order valence-electron chi connectivity index (χ1n) is 10.6. The molecule has 0 spiro atoms. The Hall–Kier alpha value is -2.38. The molecule has 1 N–H and O–H groups in total. The van der Waals surface area contributed by atoms with E-state index in [1.54, 1.807) is 9.13 Å². The van der Waals surface area contributed by atoms with Crippen molar-refractivity contribution in [3.63, 3.8) is 0 Å². The minimum atomic E-state index is -0.131. The number of nitrogens with zero attached hydrogens (tertiary/aromatic N) is 3. The van der Waals surface area contributed by atoms with Gasteiger partial charge in [0.15, 0.2) is 0 Å². The number of carbonyl (C=O) groups excluding carboxylic acids is 1. The van der Waals surface area contributed by atoms with Crippen LogP contribution in [0.1, 0.15) is 32.6 Å². The quantitative estimate of drug-likeness (QED) is 0.809. The molecule has 1 aromatic carbocycles. The van der Waals surface area contributed by atoms with E-state index in [4.69, 9.17) is 4.74 Å². The average Bonchev–Trinajstić information content (AvgIpc) is 3.01. The number of allylic oxidation sites excluding steroid dienone is 2. The van der Waals surface area contributed by atoms with Gasteiger partial charge in [0.05, 0.1) is 24.2 Å². The fourth-order valence-electron chi connectivity index (χ4n) is 4.34. The zero-order valence-corrected chi connectivity index (χ0v) is 17.1. The van der Waals surface area contributed by atoms with Gasteiger partial charge in [-0.25, -0.2) is 4.79 Å². The molecular weight excluding hydrogens is 368 g/mol. The largest absolute Gasteiger partial charge is 0.379 e. The molecule has 1 aromatic heterocycles. The van der Waals surface area contributed by atoms with E-state index in [2.05, 4.69) is 16.3 Å². The van der Waals surface area contributed by atoms with Crippen LogP contribution in [0.25, 0.3) is 16.7 Å². The molecule has 2 aromatic rings. The summed E-state index contributed by atoms with van der Waals surface area (Å²) in [6, 6.07) is 7.75. The van der Waals surface area contributed by atoms with Crippen LogP contribution in [0.15, 0.2) is 35.1 Å². The molecule has 2 heterocycles. The van der Waals surface area contributed by atoms with E-state index in [1.165, 1.54) is 6.42 Å². The van der Waals surface area contributed by atoms with Gasteiger partial charge in [0.1, 0.15) is 6.54 Å². The molecule has 29 heavy (non-hydrogen) atoms. The highest BCUT2D eigenvalue weighted by atomic mass is 16.5. The number of rotatable bonds is 6. The van der Waals surface area contributed by atoms with Gasteiger partial charge < -0.3 is 10.1 Å². The van der Waals surface area contributed by atoms with E-state index >= 15 is 0 Å². The van der Waals surface area contributed by atoms with Crippen molar-refractivity contribution in [1.82, 2.24) is 19.4 Å². The minimum absolute atomic E-state index is 0.0192. The number of para-hydroxylation sites is 2. The second-order valence-corrected chi connectivity index (χ2v) is 8.02. The van der Waals surface area contributed by atoms with Crippen molar-refractivity contribution in [2.75, 3.05) is 32.8 Å². The Kier molecular flexibility index (Phi) is 6.16. The Morgan fingerprint density at radius 2 is 1.93 bits per heavy atom. The minimum Gasteiger partial charge on any atom is -0.379 e. The van der Waals surface area contributed by atoms with Crippen LogP contribution in [0.2, 0.25) is 0 Å². The number of nitrogens with one attached hydrogen (secondary N) is 1. The summed E-state index contributed by atoms with van der Waals surface area (Å²) < 4.78 is 8.76. The lowest BCUT2D eigenvalue weighted by Crippen LogP contribution is -2.47. The summed E-state index contributed by atoms with van der Waals surface area (Å²) in [5.41, 5.74) is 2.60. The maximum absolute atomic E-state index is 13.2. The number of fused-ring (bicyclic) bond motifs is 1. The van der Waals surface area contributed by atoms with Gasteiger partial charge in [-0.1, -0.05) is 18.2 Å². The Bertz CT molecular complexity index is 953. The molecular formula is C22H30N4O3. The van der Waals surface area contributed by atoms with Gasteiger partial charge in [-0.15, -0.1) is 0 Å². The molecule has 156 valence electrons. The topological polar surface area (TPSA) is 68.5 Å². The third kappa shape index (κ3) is 4.46. The number of hydrogen-bond acceptors (Lipinski definition) is 4. The first-order chi connectivity index (χ1) is 14.1. The number of imidazole rings is 1. The van der Waals surface area contributed by atoms with Crippen LogP contribution < -0.4 is 11.0 Å². The molecule has 7 heteroatoms. The van der Waals surface area contributed by atoms with Gasteiger partial charge in [-0.05, 0) is 44.7 Å². The van der Waals surface area contributed by atoms with Crippen LogP contribution in [-0.2, 0) is 16.1 Å². The number of benzene rings is 1. The lowest BCUT2D eigenvalue weighted by Gasteiger charge is -2.29. The van der Waals surface area contributed by atoms with Gasteiger partial charge in [0.2, 0.25) is 5.91 Å². The summed E-state index contributed by atoms with van der Waals surface area (Å²) in [5, 5.41) is 3.05. The van der Waals surface area contributed by atoms with E-state index < -0.39 is 0 Å². The lowest BCUT2D eigenvalue weighted by molar-refractivity contribution is -0.122. The summed E-state index contributed by atoms with van der Waals surface area (Å²) in [7, 11) is 0. The van der Waals surface area contributed by atoms with Crippen molar-refractivity contribution in [3.05, 3.63) is 40.8 Å². The predicted molar refractivity (Wildman–Crippen MR) is 114 cm³/mol. The van der Waals surface area contributed by atoms with Crippen LogP contribution in [-0.4, -0.2) is 58.8 Å². The van der Waals surface area contributed by atoms with Crippen molar-refractivity contribution < 1.29 is 9.53 Å². The summed E-state index contributed by atoms with van der Waals surface area (Å²) in [4.78, 5) is 28.2. The normalized spacial score (nSPS) is 19.1. The fraction of sp³-hybridized carbons (Fsp3) is 0.545. The molecule has 1 aliphatic carbocycles. The molecule has 0 unspecified atom stereocenters. The highest BCUT2D eigenvalue weighted by Gasteiger charge is 2.20. The second-order valence-electron chi connectivity index (χ2n) is 8.02. The fourth-order valence-corrected chi connectivity index (χ4v) is 4.34. The van der Waals surface area contributed by atoms with Crippen molar-refractivity contribution >= 4 is 22.6 Å². The monoisotopic (exact) mass is 398 g/mol. The second kappa shape index (κ2) is 8.97. The average molecular weight is 399 g/mol. The SMILES string of the molecule is C[C@H](CN1CCOCC1)NC(=O)Cn1c(=O)n(C2=CCCCC2)c2ccccc21. The third-order valence-electron chi connectivity index (χ3n) is 5.73. The Morgan fingerprint density at radius 3 is 2.66 bits per heavy atom. The molecule has 0 bridgehead atoms. The molecule has 0 radical (unpaired) electrons. The number of carbonyl (C=O) groups is 1. The Labute approximate surface area is 170 Å². The highest BCUT2D eigenvalue weighted by molar-refractivity contribution is 5.83. The van der Waals surface area contributed by atoms with Crippen LogP contribution in [0.3, 0.4) is 0 Å². The van der Waals surface area contributed by atoms with Crippen LogP contribution in [0.5, 0.6) is 0 Å². The van der Waals surface area contributed by atoms with Gasteiger partial charge >= 0.3 is 5.69 Å². The van der Waals surface area contributed by atoms with Crippen molar-refractivity contribution in [1.29, 1.82) is 0 Å². The molecule has 0 saturated carbocycles. The van der Waals surface area contributed by atoms with Crippen molar-refractivity contribution in [2.45, 2.75) is 45.2 Å². The number of morpholine rings is 1. The Morgan fingerprint density at radius 1 is 1.17 bits per heavy atom. The van der Waals surface area contributed by atoms with E-state index in [9.17, 15) is 9.59 Å². The maximum atomic E-state index is 13.2. The summed E-state index contributed by atoms with van der Waals surface area (Å²) in [5.74, 6) is -0.131. The van der Waals surface area contributed by atoms with Gasteiger partial charge in [0, 0.05) is 31.4 Å². The summed E-state index contributed by atoms with van der Waals surface area (Å²) in [6.45, 7) is 6.10. The summed E-state index contributed by atoms with van der Waals surface area (Å²) in [6.07, 6.45) is 6.32. The number of aromatic nitrogens is 2. The molecule has 4 rings (SSSR count). The van der Waals surface area contributed by atoms with Crippen molar-refractivity contribution in [2.24, 2.45) is 0 Å². The lowest BCUT2D eigenvalue weighted by atomic mass is 10.0. The van der Waals surface area contributed by atoms with E-state index in [-0.39, 0.29) is 24.2 Å². The molecule has 1 aliphatic heterocycles. The smallest absolute Gasteiger partial charge is 0.333 e. The van der Waals surface area contributed by atoms with E-state index in [1.807, 2.05) is 31.2 Å². The Balaban J connectivity index is 1.51. The van der Waals surface area contributed by atoms with E-state index in [0.29, 0.717) is 0 Å². The maximum Gasteiger partial charge on any atom is 0.333 e. The first-order valence-corrected chi connectivity index (χ1v) is 10.6. The summed E-state index contributed by atoms with van der Waals surface area (Å²) >= 11 is 0. The molecule has 1 amide bonds. The highest BCUT2D eigenvalue weighted by Crippen LogP contribution is 2.24. The first kappa shape index (κ1) is 19.9. The number of amides is 1. The van der Waals surface area contributed by atoms with E-state index in [0.717, 1.165) is 68.8 Å². The van der Waals surface area contributed by atoms with Crippen LogP contribution in [0, 0.1) is 0 Å². The zero-order valence-electron chi connectivity index (χ0n) is 17.1. The van der Waals surface area contributed by atoms with Gasteiger partial charge in [-0.3, -0.25) is 18.8 Å². The van der Waals surface area contributed by atoms with Gasteiger partial charge in [-0.2, -0.15) is 0 Å². The molecule has 7 nitrogen and oxygen atoms in total. The molecule has 1 fully saturated rings. The molecule has 1 atom stereocenters. The molecule has 2 aliphatic rings. The number of hydrogen-bond donors (Lipinski definition) is 1. The zero-order chi connectivity index (χ0) is 20.2. The molecule has 1 saturated heterocycles. The van der Waals surface area contributed by atoms with Crippen LogP contribution >= 0.6 is 0 Å².